The molecule has 1 nitrogen and oxygen atoms in total. The van der Waals surface area contributed by atoms with Crippen molar-refractivity contribution in [1.82, 2.24) is 0 Å². The van der Waals surface area contributed by atoms with Crippen LogP contribution >= 0.6 is 0 Å². The van der Waals surface area contributed by atoms with Crippen LogP contribution in [0.5, 0.6) is 0 Å². The normalized spacial score (nSPS) is 22.8. The van der Waals surface area contributed by atoms with Gasteiger partial charge in [-0.25, -0.2) is 0 Å². The molecule has 2 atom stereocenters. The van der Waals surface area contributed by atoms with Gasteiger partial charge < -0.3 is 4.74 Å². The van der Waals surface area contributed by atoms with E-state index in [1.807, 2.05) is 0 Å². The number of rotatable bonds is 12. The molecule has 0 aromatic carbocycles. The molecule has 0 N–H and O–H groups in total. The molecule has 0 aromatic heterocycles. The standard InChI is InChI=1S/C17H32O/c1-3-5-7-9-10-11-13-15-17-16(18-17)14-12-8-6-4-2/h11,13,16-17H,3-10,12,14-15H2,1-2H3/b13-11-. The van der Waals surface area contributed by atoms with Crippen molar-refractivity contribution in [2.24, 2.45) is 0 Å². The summed E-state index contributed by atoms with van der Waals surface area (Å²) in [6.45, 7) is 4.53. The first-order valence-electron chi connectivity index (χ1n) is 8.19. The highest BCUT2D eigenvalue weighted by Crippen LogP contribution is 2.30. The SMILES string of the molecule is CCCCCC/C=C\CC1OC1CCCCCC. The van der Waals surface area contributed by atoms with Crippen LogP contribution in [0, 0.1) is 0 Å². The van der Waals surface area contributed by atoms with E-state index < -0.39 is 0 Å². The molecule has 106 valence electrons. The van der Waals surface area contributed by atoms with Crippen molar-refractivity contribution in [3.05, 3.63) is 12.2 Å². The maximum absolute atomic E-state index is 5.69. The molecule has 0 saturated carbocycles. The van der Waals surface area contributed by atoms with E-state index in [4.69, 9.17) is 4.74 Å². The van der Waals surface area contributed by atoms with Gasteiger partial charge in [0.2, 0.25) is 0 Å². The third-order valence-corrected chi connectivity index (χ3v) is 3.79. The van der Waals surface area contributed by atoms with E-state index in [9.17, 15) is 0 Å². The maximum Gasteiger partial charge on any atom is 0.0876 e. The van der Waals surface area contributed by atoms with Crippen molar-refractivity contribution in [2.75, 3.05) is 0 Å². The Kier molecular flexibility index (Phi) is 9.28. The van der Waals surface area contributed by atoms with E-state index in [1.54, 1.807) is 0 Å². The zero-order chi connectivity index (χ0) is 13.1. The summed E-state index contributed by atoms with van der Waals surface area (Å²) in [5.41, 5.74) is 0. The Morgan fingerprint density at radius 1 is 0.778 bits per heavy atom. The van der Waals surface area contributed by atoms with Gasteiger partial charge in [-0.3, -0.25) is 0 Å². The molecule has 1 heteroatoms. The van der Waals surface area contributed by atoms with Crippen LogP contribution in [0.4, 0.5) is 0 Å². The van der Waals surface area contributed by atoms with Gasteiger partial charge in [0.05, 0.1) is 12.2 Å². The lowest BCUT2D eigenvalue weighted by molar-refractivity contribution is 0.358. The first-order chi connectivity index (χ1) is 8.88. The van der Waals surface area contributed by atoms with Crippen molar-refractivity contribution >= 4 is 0 Å². The number of hydrogen-bond acceptors (Lipinski definition) is 1. The molecule has 0 aromatic rings. The van der Waals surface area contributed by atoms with Gasteiger partial charge in [-0.2, -0.15) is 0 Å². The Morgan fingerprint density at radius 2 is 1.50 bits per heavy atom. The molecule has 1 heterocycles. The molecule has 1 saturated heterocycles. The Bertz CT molecular complexity index is 210. The molecule has 1 rings (SSSR count). The number of allylic oxidation sites excluding steroid dienone is 1. The highest BCUT2D eigenvalue weighted by atomic mass is 16.6. The minimum atomic E-state index is 0.554. The second kappa shape index (κ2) is 10.6. The number of hydrogen-bond donors (Lipinski definition) is 0. The number of unbranched alkanes of at least 4 members (excludes halogenated alkanes) is 7. The molecule has 0 radical (unpaired) electrons. The number of epoxide rings is 1. The third kappa shape index (κ3) is 7.92. The average molecular weight is 252 g/mol. The zero-order valence-electron chi connectivity index (χ0n) is 12.5. The third-order valence-electron chi connectivity index (χ3n) is 3.79. The Labute approximate surface area is 114 Å². The fourth-order valence-electron chi connectivity index (χ4n) is 2.45. The van der Waals surface area contributed by atoms with Crippen LogP contribution in [0.15, 0.2) is 12.2 Å². The van der Waals surface area contributed by atoms with E-state index in [1.165, 1.54) is 64.2 Å². The van der Waals surface area contributed by atoms with Crippen LogP contribution in [0.1, 0.15) is 84.5 Å². The fourth-order valence-corrected chi connectivity index (χ4v) is 2.45. The summed E-state index contributed by atoms with van der Waals surface area (Å²) in [6.07, 6.45) is 20.4. The molecule has 1 aliphatic heterocycles. The van der Waals surface area contributed by atoms with Gasteiger partial charge in [0, 0.05) is 0 Å². The zero-order valence-corrected chi connectivity index (χ0v) is 12.5. The van der Waals surface area contributed by atoms with Crippen molar-refractivity contribution in [3.63, 3.8) is 0 Å². The topological polar surface area (TPSA) is 12.5 Å². The summed E-state index contributed by atoms with van der Waals surface area (Å²) >= 11 is 0. The van der Waals surface area contributed by atoms with Gasteiger partial charge in [0.1, 0.15) is 0 Å². The van der Waals surface area contributed by atoms with E-state index in [2.05, 4.69) is 26.0 Å². The molecular weight excluding hydrogens is 220 g/mol. The van der Waals surface area contributed by atoms with Crippen molar-refractivity contribution in [2.45, 2.75) is 96.7 Å². The van der Waals surface area contributed by atoms with Crippen LogP contribution < -0.4 is 0 Å². The summed E-state index contributed by atoms with van der Waals surface area (Å²) < 4.78 is 5.69. The van der Waals surface area contributed by atoms with Crippen LogP contribution in [-0.4, -0.2) is 12.2 Å². The summed E-state index contributed by atoms with van der Waals surface area (Å²) in [4.78, 5) is 0. The summed E-state index contributed by atoms with van der Waals surface area (Å²) in [5, 5.41) is 0. The quantitative estimate of drug-likeness (QED) is 0.249. The first-order valence-corrected chi connectivity index (χ1v) is 8.19. The molecule has 2 unspecified atom stereocenters. The van der Waals surface area contributed by atoms with Gasteiger partial charge in [-0.15, -0.1) is 0 Å². The van der Waals surface area contributed by atoms with E-state index >= 15 is 0 Å². The Morgan fingerprint density at radius 3 is 2.22 bits per heavy atom. The molecule has 18 heavy (non-hydrogen) atoms. The molecular formula is C17H32O. The predicted molar refractivity (Wildman–Crippen MR) is 79.9 cm³/mol. The van der Waals surface area contributed by atoms with Crippen molar-refractivity contribution in [1.29, 1.82) is 0 Å². The van der Waals surface area contributed by atoms with E-state index in [0.29, 0.717) is 12.2 Å². The first kappa shape index (κ1) is 15.8. The Balaban J connectivity index is 1.85. The molecule has 0 amide bonds. The summed E-state index contributed by atoms with van der Waals surface area (Å²) in [5.74, 6) is 0. The molecule has 0 bridgehead atoms. The molecule has 1 fully saturated rings. The summed E-state index contributed by atoms with van der Waals surface area (Å²) in [7, 11) is 0. The lowest BCUT2D eigenvalue weighted by atomic mass is 10.1. The second-order valence-electron chi connectivity index (χ2n) is 5.62. The van der Waals surface area contributed by atoms with Crippen LogP contribution in [-0.2, 0) is 4.74 Å². The van der Waals surface area contributed by atoms with Crippen molar-refractivity contribution in [3.8, 4) is 0 Å². The van der Waals surface area contributed by atoms with Crippen LogP contribution in [0.2, 0.25) is 0 Å². The van der Waals surface area contributed by atoms with Gasteiger partial charge >= 0.3 is 0 Å². The fraction of sp³-hybridized carbons (Fsp3) is 0.882. The minimum absolute atomic E-state index is 0.554. The maximum atomic E-state index is 5.69. The molecule has 1 aliphatic rings. The average Bonchev–Trinajstić information content (AvgIpc) is 3.12. The van der Waals surface area contributed by atoms with E-state index in [0.717, 1.165) is 6.42 Å². The summed E-state index contributed by atoms with van der Waals surface area (Å²) in [6, 6.07) is 0. The van der Waals surface area contributed by atoms with Crippen molar-refractivity contribution < 1.29 is 4.74 Å². The number of ether oxygens (including phenoxy) is 1. The largest absolute Gasteiger partial charge is 0.369 e. The highest BCUT2D eigenvalue weighted by Gasteiger charge is 2.36. The van der Waals surface area contributed by atoms with Gasteiger partial charge in [-0.1, -0.05) is 70.9 Å². The van der Waals surface area contributed by atoms with Crippen LogP contribution in [0.3, 0.4) is 0 Å². The Hall–Kier alpha value is -0.300. The van der Waals surface area contributed by atoms with E-state index in [-0.39, 0.29) is 0 Å². The molecule has 0 spiro atoms. The van der Waals surface area contributed by atoms with Crippen LogP contribution in [0.25, 0.3) is 0 Å². The smallest absolute Gasteiger partial charge is 0.0876 e. The monoisotopic (exact) mass is 252 g/mol. The van der Waals surface area contributed by atoms with Gasteiger partial charge in [0.15, 0.2) is 0 Å². The molecule has 0 aliphatic carbocycles. The van der Waals surface area contributed by atoms with Gasteiger partial charge in [0.25, 0.3) is 0 Å². The second-order valence-corrected chi connectivity index (χ2v) is 5.62. The predicted octanol–water partition coefficient (Wildman–Crippen LogP) is 5.64. The lowest BCUT2D eigenvalue weighted by Gasteiger charge is -1.95. The minimum Gasteiger partial charge on any atom is -0.369 e. The highest BCUT2D eigenvalue weighted by molar-refractivity contribution is 4.93. The van der Waals surface area contributed by atoms with Gasteiger partial charge in [-0.05, 0) is 25.7 Å². The lowest BCUT2D eigenvalue weighted by Crippen LogP contribution is -1.92.